The highest BCUT2D eigenvalue weighted by Gasteiger charge is 2.19. The van der Waals surface area contributed by atoms with Gasteiger partial charge in [-0.15, -0.1) is 10.2 Å². The number of hydrogen-bond donors (Lipinski definition) is 0. The molecule has 4 heterocycles. The number of nitrogens with zero attached hydrogens (tertiary/aromatic N) is 4. The Morgan fingerprint density at radius 3 is 3.00 bits per heavy atom. The highest BCUT2D eigenvalue weighted by Crippen LogP contribution is 2.36. The third-order valence-electron chi connectivity index (χ3n) is 6.07. The van der Waals surface area contributed by atoms with E-state index in [0.29, 0.717) is 39.4 Å². The van der Waals surface area contributed by atoms with Crippen LogP contribution in [0.2, 0.25) is 5.02 Å². The van der Waals surface area contributed by atoms with E-state index in [-0.39, 0.29) is 12.4 Å². The lowest BCUT2D eigenvalue weighted by molar-refractivity contribution is -0.0168. The predicted octanol–water partition coefficient (Wildman–Crippen LogP) is 4.99. The molecule has 2 aliphatic heterocycles. The molecule has 0 amide bonds. The molecule has 4 aromatic rings. The van der Waals surface area contributed by atoms with E-state index in [1.54, 1.807) is 6.07 Å². The highest BCUT2D eigenvalue weighted by molar-refractivity contribution is 7.98. The van der Waals surface area contributed by atoms with Crippen LogP contribution in [0, 0.1) is 0 Å². The van der Waals surface area contributed by atoms with Crippen LogP contribution in [-0.4, -0.2) is 26.5 Å². The van der Waals surface area contributed by atoms with Crippen LogP contribution in [0.1, 0.15) is 36.2 Å². The summed E-state index contributed by atoms with van der Waals surface area (Å²) in [5, 5.41) is 10.1. The molecule has 174 valence electrons. The maximum atomic E-state index is 13.0. The molecular weight excluding hydrogens is 476 g/mol. The van der Waals surface area contributed by atoms with Crippen molar-refractivity contribution in [2.24, 2.45) is 0 Å². The van der Waals surface area contributed by atoms with Crippen LogP contribution in [0.15, 0.2) is 44.8 Å². The van der Waals surface area contributed by atoms with E-state index in [4.69, 9.17) is 30.5 Å². The summed E-state index contributed by atoms with van der Waals surface area (Å²) in [6.45, 7) is 1.43. The number of fused-ring (bicyclic) bond motifs is 3. The van der Waals surface area contributed by atoms with E-state index in [1.807, 2.05) is 28.8 Å². The van der Waals surface area contributed by atoms with Crippen LogP contribution >= 0.6 is 23.4 Å². The van der Waals surface area contributed by atoms with Gasteiger partial charge in [-0.3, -0.25) is 9.36 Å². The van der Waals surface area contributed by atoms with Gasteiger partial charge in [-0.25, -0.2) is 4.98 Å². The Labute approximate surface area is 204 Å². The number of ether oxygens (including phenoxy) is 2. The van der Waals surface area contributed by atoms with Gasteiger partial charge >= 0.3 is 0 Å². The number of hydrogen-bond acceptors (Lipinski definition) is 8. The SMILES string of the molecule is O=c1c2ccc(-c3nnc(SCc4cc(Cl)cc5c4OCOC5)o3)cc2nc2n1CCCCC2. The number of halogens is 1. The molecule has 0 N–H and O–H groups in total. The van der Waals surface area contributed by atoms with Crippen molar-refractivity contribution < 1.29 is 13.9 Å². The third-order valence-corrected chi connectivity index (χ3v) is 7.16. The number of aryl methyl sites for hydroxylation is 1. The van der Waals surface area contributed by atoms with Gasteiger partial charge in [0.05, 0.1) is 17.5 Å². The molecule has 0 radical (unpaired) electrons. The lowest BCUT2D eigenvalue weighted by Gasteiger charge is -2.20. The first-order valence-electron chi connectivity index (χ1n) is 11.2. The summed E-state index contributed by atoms with van der Waals surface area (Å²) >= 11 is 7.67. The molecule has 2 aromatic heterocycles. The second-order valence-electron chi connectivity index (χ2n) is 8.35. The van der Waals surface area contributed by atoms with E-state index in [0.717, 1.165) is 60.5 Å². The zero-order valence-electron chi connectivity index (χ0n) is 18.3. The summed E-state index contributed by atoms with van der Waals surface area (Å²) in [5.74, 6) is 2.60. The molecule has 0 spiro atoms. The fourth-order valence-electron chi connectivity index (χ4n) is 4.44. The van der Waals surface area contributed by atoms with Crippen LogP contribution in [0.5, 0.6) is 5.75 Å². The first-order valence-corrected chi connectivity index (χ1v) is 12.5. The van der Waals surface area contributed by atoms with E-state index in [9.17, 15) is 4.79 Å². The summed E-state index contributed by atoms with van der Waals surface area (Å²) in [4.78, 5) is 17.8. The monoisotopic (exact) mass is 496 g/mol. The Morgan fingerprint density at radius 2 is 2.06 bits per heavy atom. The minimum atomic E-state index is 0.0210. The minimum Gasteiger partial charge on any atom is -0.467 e. The fourth-order valence-corrected chi connectivity index (χ4v) is 5.43. The molecule has 0 unspecified atom stereocenters. The van der Waals surface area contributed by atoms with Gasteiger partial charge in [0.25, 0.3) is 10.8 Å². The van der Waals surface area contributed by atoms with Crippen LogP contribution < -0.4 is 10.3 Å². The summed E-state index contributed by atoms with van der Waals surface area (Å²) < 4.78 is 18.7. The number of benzene rings is 2. The molecule has 6 rings (SSSR count). The van der Waals surface area contributed by atoms with Gasteiger partial charge < -0.3 is 13.9 Å². The van der Waals surface area contributed by atoms with Gasteiger partial charge in [0.1, 0.15) is 11.6 Å². The van der Waals surface area contributed by atoms with Crippen LogP contribution in [0.3, 0.4) is 0 Å². The van der Waals surface area contributed by atoms with Crippen molar-refractivity contribution in [2.75, 3.05) is 6.79 Å². The fraction of sp³-hybridized carbons (Fsp3) is 0.333. The second-order valence-corrected chi connectivity index (χ2v) is 9.72. The lowest BCUT2D eigenvalue weighted by Crippen LogP contribution is -2.24. The van der Waals surface area contributed by atoms with Crippen molar-refractivity contribution in [3.8, 4) is 17.2 Å². The van der Waals surface area contributed by atoms with E-state index in [1.165, 1.54) is 11.8 Å². The molecule has 0 aliphatic carbocycles. The molecule has 8 nitrogen and oxygen atoms in total. The molecule has 0 bridgehead atoms. The Hall–Kier alpha value is -2.88. The van der Waals surface area contributed by atoms with Crippen LogP contribution in [0.4, 0.5) is 0 Å². The Kier molecular flexibility index (Phi) is 5.76. The summed E-state index contributed by atoms with van der Waals surface area (Å²) in [5.41, 5.74) is 3.29. The molecule has 0 saturated heterocycles. The predicted molar refractivity (Wildman–Crippen MR) is 128 cm³/mol. The maximum Gasteiger partial charge on any atom is 0.277 e. The molecule has 0 fully saturated rings. The topological polar surface area (TPSA) is 92.3 Å². The molecule has 2 aliphatic rings. The standard InChI is InChI=1S/C24H21ClN4O4S/c25-17-8-15-11-31-13-32-21(15)16(9-17)12-34-24-28-27-22(33-24)14-5-6-18-19(10-14)26-20-4-2-1-3-7-29(20)23(18)30/h5-6,8-10H,1-4,7,11-13H2. The van der Waals surface area contributed by atoms with E-state index in [2.05, 4.69) is 10.2 Å². The molecule has 2 aromatic carbocycles. The highest BCUT2D eigenvalue weighted by atomic mass is 35.5. The van der Waals surface area contributed by atoms with Crippen LogP contribution in [0.25, 0.3) is 22.4 Å². The Morgan fingerprint density at radius 1 is 1.12 bits per heavy atom. The Bertz CT molecular complexity index is 1450. The molecule has 0 saturated carbocycles. The second kappa shape index (κ2) is 9.05. The van der Waals surface area contributed by atoms with Crippen molar-refractivity contribution in [3.05, 3.63) is 62.7 Å². The van der Waals surface area contributed by atoms with Crippen molar-refractivity contribution >= 4 is 34.3 Å². The van der Waals surface area contributed by atoms with Gasteiger partial charge in [0, 0.05) is 40.4 Å². The van der Waals surface area contributed by atoms with Crippen molar-refractivity contribution in [1.29, 1.82) is 0 Å². The number of thioether (sulfide) groups is 1. The maximum absolute atomic E-state index is 13.0. The molecule has 34 heavy (non-hydrogen) atoms. The normalized spacial score (nSPS) is 15.4. The lowest BCUT2D eigenvalue weighted by atomic mass is 10.1. The molecular formula is C24H21ClN4O4S. The Balaban J connectivity index is 1.26. The average Bonchev–Trinajstić information content (AvgIpc) is 3.20. The summed E-state index contributed by atoms with van der Waals surface area (Å²) in [6, 6.07) is 9.22. The van der Waals surface area contributed by atoms with Gasteiger partial charge in [0.15, 0.2) is 6.79 Å². The largest absolute Gasteiger partial charge is 0.467 e. The third kappa shape index (κ3) is 4.08. The van der Waals surface area contributed by atoms with Crippen molar-refractivity contribution in [1.82, 2.24) is 19.7 Å². The van der Waals surface area contributed by atoms with Crippen LogP contribution in [-0.2, 0) is 30.1 Å². The van der Waals surface area contributed by atoms with E-state index < -0.39 is 0 Å². The van der Waals surface area contributed by atoms with Gasteiger partial charge in [-0.05, 0) is 43.2 Å². The van der Waals surface area contributed by atoms with Gasteiger partial charge in [-0.2, -0.15) is 0 Å². The van der Waals surface area contributed by atoms with Crippen molar-refractivity contribution in [3.63, 3.8) is 0 Å². The number of aromatic nitrogens is 4. The first kappa shape index (κ1) is 21.6. The molecule has 0 atom stereocenters. The zero-order chi connectivity index (χ0) is 23.1. The number of rotatable bonds is 4. The van der Waals surface area contributed by atoms with E-state index >= 15 is 0 Å². The van der Waals surface area contributed by atoms with Gasteiger partial charge in [-0.1, -0.05) is 29.8 Å². The smallest absolute Gasteiger partial charge is 0.277 e. The summed E-state index contributed by atoms with van der Waals surface area (Å²) in [7, 11) is 0. The first-order chi connectivity index (χ1) is 16.7. The average molecular weight is 497 g/mol. The van der Waals surface area contributed by atoms with Crippen molar-refractivity contribution in [2.45, 2.75) is 49.8 Å². The summed E-state index contributed by atoms with van der Waals surface area (Å²) in [6.07, 6.45) is 4.00. The van der Waals surface area contributed by atoms with Gasteiger partial charge in [0.2, 0.25) is 5.89 Å². The quantitative estimate of drug-likeness (QED) is 0.365. The zero-order valence-corrected chi connectivity index (χ0v) is 19.8. The minimum absolute atomic E-state index is 0.0210. The molecule has 10 heteroatoms.